The third kappa shape index (κ3) is 2.01. The second-order valence-corrected chi connectivity index (χ2v) is 4.73. The highest BCUT2D eigenvalue weighted by Crippen LogP contribution is 2.22. The Kier molecular flexibility index (Phi) is 2.63. The number of nitrogen functional groups attached to an aromatic ring is 1. The number of aromatic nitrogens is 2. The molecule has 2 aromatic heterocycles. The van der Waals surface area contributed by atoms with Crippen molar-refractivity contribution in [3.05, 3.63) is 54.0 Å². The lowest BCUT2D eigenvalue weighted by Crippen LogP contribution is -2.12. The van der Waals surface area contributed by atoms with Crippen LogP contribution >= 0.6 is 0 Å². The molecule has 0 amide bonds. The first kappa shape index (κ1) is 11.6. The van der Waals surface area contributed by atoms with Crippen molar-refractivity contribution in [2.45, 2.75) is 13.3 Å². The summed E-state index contributed by atoms with van der Waals surface area (Å²) in [6.07, 6.45) is 4.01. The average molecular weight is 253 g/mol. The van der Waals surface area contributed by atoms with Crippen LogP contribution in [-0.2, 0) is 6.42 Å². The van der Waals surface area contributed by atoms with Crippen LogP contribution in [0.3, 0.4) is 0 Å². The summed E-state index contributed by atoms with van der Waals surface area (Å²) < 4.78 is 1.63. The minimum Gasteiger partial charge on any atom is -0.397 e. The van der Waals surface area contributed by atoms with Crippen LogP contribution in [0.4, 0.5) is 5.69 Å². The van der Waals surface area contributed by atoms with Gasteiger partial charge in [0.25, 0.3) is 0 Å². The maximum absolute atomic E-state index is 12.3. The summed E-state index contributed by atoms with van der Waals surface area (Å²) in [6.45, 7) is 1.97. The Bertz CT molecular complexity index is 752. The number of carbonyl (C=O) groups is 1. The van der Waals surface area contributed by atoms with Crippen LogP contribution in [0.1, 0.15) is 16.1 Å². The Morgan fingerprint density at radius 1 is 1.37 bits per heavy atom. The van der Waals surface area contributed by atoms with Gasteiger partial charge in [0.1, 0.15) is 0 Å². The molecule has 2 heterocycles. The molecule has 0 atom stereocenters. The van der Waals surface area contributed by atoms with E-state index in [1.54, 1.807) is 10.8 Å². The molecule has 19 heavy (non-hydrogen) atoms. The summed E-state index contributed by atoms with van der Waals surface area (Å²) >= 11 is 0. The lowest BCUT2D eigenvalue weighted by molar-refractivity contribution is 0.0919. The van der Waals surface area contributed by atoms with Gasteiger partial charge in [-0.25, -0.2) is 0 Å². The number of carbonyl (C=O) groups excluding carboxylic acids is 1. The molecule has 3 N–H and O–H groups in total. The van der Waals surface area contributed by atoms with Gasteiger partial charge in [-0.05, 0) is 30.7 Å². The summed E-state index contributed by atoms with van der Waals surface area (Å²) in [5, 5.41) is 0.985. The van der Waals surface area contributed by atoms with Crippen molar-refractivity contribution in [1.82, 2.24) is 9.55 Å². The van der Waals surface area contributed by atoms with E-state index in [1.165, 1.54) is 0 Å². The van der Waals surface area contributed by atoms with E-state index in [0.29, 0.717) is 12.1 Å². The van der Waals surface area contributed by atoms with Gasteiger partial charge in [0.05, 0.1) is 17.6 Å². The standard InChI is InChI=1S/C15H15N3O/c1-10-7-11(9-17-10)8-14(19)18-6-5-12-3-2-4-13(16)15(12)18/h2-7,9,17H,8,16H2,1H3. The number of hydrogen-bond donors (Lipinski definition) is 2. The number of nitrogens with zero attached hydrogens (tertiary/aromatic N) is 1. The quantitative estimate of drug-likeness (QED) is 0.690. The van der Waals surface area contributed by atoms with Gasteiger partial charge < -0.3 is 10.7 Å². The number of rotatable bonds is 2. The van der Waals surface area contributed by atoms with Crippen molar-refractivity contribution >= 4 is 22.5 Å². The zero-order valence-electron chi connectivity index (χ0n) is 10.7. The van der Waals surface area contributed by atoms with Crippen LogP contribution in [-0.4, -0.2) is 15.5 Å². The third-order valence-corrected chi connectivity index (χ3v) is 3.25. The Morgan fingerprint density at radius 3 is 2.95 bits per heavy atom. The van der Waals surface area contributed by atoms with E-state index in [1.807, 2.05) is 43.5 Å². The van der Waals surface area contributed by atoms with Crippen LogP contribution in [0.2, 0.25) is 0 Å². The molecule has 0 aliphatic heterocycles. The molecular formula is C15H15N3O. The maximum atomic E-state index is 12.3. The molecule has 0 bridgehead atoms. The summed E-state index contributed by atoms with van der Waals surface area (Å²) in [7, 11) is 0. The minimum absolute atomic E-state index is 0.0203. The first-order valence-electron chi connectivity index (χ1n) is 6.18. The van der Waals surface area contributed by atoms with Crippen molar-refractivity contribution in [2.24, 2.45) is 0 Å². The van der Waals surface area contributed by atoms with Crippen molar-refractivity contribution in [1.29, 1.82) is 0 Å². The number of anilines is 1. The summed E-state index contributed by atoms with van der Waals surface area (Å²) in [6, 6.07) is 9.55. The largest absolute Gasteiger partial charge is 0.397 e. The number of aryl methyl sites for hydroxylation is 1. The van der Waals surface area contributed by atoms with Crippen molar-refractivity contribution in [3.63, 3.8) is 0 Å². The fourth-order valence-electron chi connectivity index (χ4n) is 2.36. The topological polar surface area (TPSA) is 63.8 Å². The van der Waals surface area contributed by atoms with Crippen molar-refractivity contribution in [2.75, 3.05) is 5.73 Å². The van der Waals surface area contributed by atoms with E-state index >= 15 is 0 Å². The molecule has 4 heteroatoms. The number of fused-ring (bicyclic) bond motifs is 1. The molecule has 0 unspecified atom stereocenters. The van der Waals surface area contributed by atoms with Gasteiger partial charge >= 0.3 is 0 Å². The minimum atomic E-state index is 0.0203. The Hall–Kier alpha value is -2.49. The highest BCUT2D eigenvalue weighted by atomic mass is 16.2. The molecular weight excluding hydrogens is 238 g/mol. The van der Waals surface area contributed by atoms with Gasteiger partial charge in [0.2, 0.25) is 5.91 Å². The van der Waals surface area contributed by atoms with Crippen LogP contribution in [0.15, 0.2) is 42.7 Å². The SMILES string of the molecule is Cc1cc(CC(=O)n2ccc3cccc(N)c32)c[nH]1. The Balaban J connectivity index is 1.98. The molecule has 0 spiro atoms. The normalized spacial score (nSPS) is 11.0. The zero-order chi connectivity index (χ0) is 13.4. The lowest BCUT2D eigenvalue weighted by Gasteiger charge is -2.05. The van der Waals surface area contributed by atoms with Crippen molar-refractivity contribution < 1.29 is 4.79 Å². The molecule has 1 aromatic carbocycles. The average Bonchev–Trinajstić information content (AvgIpc) is 2.96. The van der Waals surface area contributed by atoms with Gasteiger partial charge in [0, 0.05) is 23.5 Å². The van der Waals surface area contributed by atoms with Gasteiger partial charge in [0.15, 0.2) is 0 Å². The second kappa shape index (κ2) is 4.31. The number of benzene rings is 1. The van der Waals surface area contributed by atoms with E-state index in [2.05, 4.69) is 4.98 Å². The molecule has 0 radical (unpaired) electrons. The third-order valence-electron chi connectivity index (χ3n) is 3.25. The summed E-state index contributed by atoms with van der Waals surface area (Å²) in [5.41, 5.74) is 9.42. The second-order valence-electron chi connectivity index (χ2n) is 4.73. The first-order valence-corrected chi connectivity index (χ1v) is 6.18. The number of nitrogens with one attached hydrogen (secondary N) is 1. The Labute approximate surface area is 110 Å². The molecule has 3 aromatic rings. The number of aromatic amines is 1. The van der Waals surface area contributed by atoms with Crippen LogP contribution in [0.5, 0.6) is 0 Å². The zero-order valence-corrected chi connectivity index (χ0v) is 10.7. The Morgan fingerprint density at radius 2 is 2.21 bits per heavy atom. The van der Waals surface area contributed by atoms with Crippen LogP contribution in [0.25, 0.3) is 10.9 Å². The molecule has 4 nitrogen and oxygen atoms in total. The highest BCUT2D eigenvalue weighted by Gasteiger charge is 2.12. The van der Waals surface area contributed by atoms with E-state index < -0.39 is 0 Å². The van der Waals surface area contributed by atoms with Crippen LogP contribution < -0.4 is 5.73 Å². The molecule has 0 fully saturated rings. The molecule has 0 aliphatic rings. The molecule has 0 saturated carbocycles. The molecule has 0 saturated heterocycles. The number of nitrogens with two attached hydrogens (primary N) is 1. The predicted octanol–water partition coefficient (Wildman–Crippen LogP) is 2.74. The van der Waals surface area contributed by atoms with E-state index in [9.17, 15) is 4.79 Å². The lowest BCUT2D eigenvalue weighted by atomic mass is 10.2. The fraction of sp³-hybridized carbons (Fsp3) is 0.133. The van der Waals surface area contributed by atoms with Crippen molar-refractivity contribution in [3.8, 4) is 0 Å². The fourth-order valence-corrected chi connectivity index (χ4v) is 2.36. The molecule has 0 aliphatic carbocycles. The first-order chi connectivity index (χ1) is 9.15. The molecule has 3 rings (SSSR count). The highest BCUT2D eigenvalue weighted by molar-refractivity contribution is 5.99. The van der Waals surface area contributed by atoms with Gasteiger partial charge in [-0.1, -0.05) is 12.1 Å². The predicted molar refractivity (Wildman–Crippen MR) is 76.2 cm³/mol. The van der Waals surface area contributed by atoms with Gasteiger partial charge in [-0.15, -0.1) is 0 Å². The smallest absolute Gasteiger partial charge is 0.235 e. The number of hydrogen-bond acceptors (Lipinski definition) is 2. The van der Waals surface area contributed by atoms with Gasteiger partial charge in [-0.3, -0.25) is 9.36 Å². The van der Waals surface area contributed by atoms with Gasteiger partial charge in [-0.2, -0.15) is 0 Å². The number of para-hydroxylation sites is 1. The van der Waals surface area contributed by atoms with E-state index in [0.717, 1.165) is 22.2 Å². The molecule has 96 valence electrons. The van der Waals surface area contributed by atoms with Crippen LogP contribution in [0, 0.1) is 6.92 Å². The van der Waals surface area contributed by atoms with E-state index in [-0.39, 0.29) is 5.91 Å². The maximum Gasteiger partial charge on any atom is 0.235 e. The van der Waals surface area contributed by atoms with E-state index in [4.69, 9.17) is 5.73 Å². The summed E-state index contributed by atoms with van der Waals surface area (Å²) in [5.74, 6) is 0.0203. The monoisotopic (exact) mass is 253 g/mol. The summed E-state index contributed by atoms with van der Waals surface area (Å²) in [4.78, 5) is 15.4. The number of H-pyrrole nitrogens is 1.